The van der Waals surface area contributed by atoms with Crippen LogP contribution < -0.4 is 5.32 Å². The topological polar surface area (TPSA) is 54.9 Å². The van der Waals surface area contributed by atoms with Crippen molar-refractivity contribution in [2.75, 3.05) is 11.1 Å². The molecule has 0 spiro atoms. The van der Waals surface area contributed by atoms with Gasteiger partial charge in [-0.3, -0.25) is 4.79 Å². The minimum atomic E-state index is 0.000381. The summed E-state index contributed by atoms with van der Waals surface area (Å²) in [5.74, 6) is 0.938. The van der Waals surface area contributed by atoms with E-state index >= 15 is 0 Å². The van der Waals surface area contributed by atoms with Crippen molar-refractivity contribution in [1.29, 1.82) is 0 Å². The molecule has 1 heterocycles. The van der Waals surface area contributed by atoms with Gasteiger partial charge in [-0.05, 0) is 24.3 Å². The van der Waals surface area contributed by atoms with Crippen LogP contribution in [0.5, 0.6) is 0 Å². The molecule has 2 aromatic rings. The highest BCUT2D eigenvalue weighted by Crippen LogP contribution is 2.18. The molecule has 0 saturated heterocycles. The molecule has 0 saturated carbocycles. The van der Waals surface area contributed by atoms with E-state index in [4.69, 9.17) is 0 Å². The number of hydrogen-bond donors (Lipinski definition) is 1. The number of hydrogen-bond acceptors (Lipinski definition) is 5. The Balaban J connectivity index is 1.62. The lowest BCUT2D eigenvalue weighted by atomic mass is 10.3. The van der Waals surface area contributed by atoms with E-state index in [1.165, 1.54) is 16.2 Å². The Kier molecular flexibility index (Phi) is 5.16. The summed E-state index contributed by atoms with van der Waals surface area (Å²) >= 11 is 3.09. The highest BCUT2D eigenvalue weighted by molar-refractivity contribution is 7.99. The van der Waals surface area contributed by atoms with Gasteiger partial charge in [0.2, 0.25) is 11.0 Å². The molecule has 1 aromatic heterocycles. The summed E-state index contributed by atoms with van der Waals surface area (Å²) in [5, 5.41) is 10.7. The van der Waals surface area contributed by atoms with Crippen LogP contribution in [0, 0.1) is 0 Å². The van der Waals surface area contributed by atoms with E-state index in [0.29, 0.717) is 11.6 Å². The minimum Gasteiger partial charge on any atom is -0.301 e. The lowest BCUT2D eigenvalue weighted by Crippen LogP contribution is -2.11. The largest absolute Gasteiger partial charge is 0.301 e. The number of carbonyl (C=O) groups is 1. The summed E-state index contributed by atoms with van der Waals surface area (Å²) in [5.41, 5.74) is 1.60. The number of nitrogens with one attached hydrogen (secondary N) is 1. The third kappa shape index (κ3) is 4.46. The fourth-order valence-corrected chi connectivity index (χ4v) is 2.68. The van der Waals surface area contributed by atoms with Crippen molar-refractivity contribution in [3.63, 3.8) is 0 Å². The van der Waals surface area contributed by atoms with Gasteiger partial charge in [0, 0.05) is 11.3 Å². The summed E-state index contributed by atoms with van der Waals surface area (Å²) < 4.78 is 0. The predicted molar refractivity (Wildman–Crippen MR) is 74.9 cm³/mol. The summed E-state index contributed by atoms with van der Waals surface area (Å²) in [6, 6.07) is 10.2. The molecule has 0 aliphatic carbocycles. The zero-order valence-corrected chi connectivity index (χ0v) is 11.3. The number of amides is 1. The zero-order chi connectivity index (χ0) is 12.6. The Labute approximate surface area is 114 Å². The summed E-state index contributed by atoms with van der Waals surface area (Å²) in [6.07, 6.45) is 1.36. The van der Waals surface area contributed by atoms with Gasteiger partial charge in [0.25, 0.3) is 0 Å². The lowest BCUT2D eigenvalue weighted by Gasteiger charge is -2.02. The summed E-state index contributed by atoms with van der Waals surface area (Å²) in [7, 11) is 0. The second-order valence-corrected chi connectivity index (χ2v) is 5.56. The van der Waals surface area contributed by atoms with E-state index in [0.717, 1.165) is 12.2 Å². The monoisotopic (exact) mass is 279 g/mol. The third-order valence-corrected chi connectivity index (χ3v) is 3.87. The SMILES string of the molecule is O=C(CCCSc1ccccc1)Nc1nncs1. The molecule has 0 aliphatic heterocycles. The van der Waals surface area contributed by atoms with Crippen LogP contribution in [0.15, 0.2) is 40.7 Å². The fraction of sp³-hybridized carbons (Fsp3) is 0.250. The first-order chi connectivity index (χ1) is 8.84. The minimum absolute atomic E-state index is 0.000381. The summed E-state index contributed by atoms with van der Waals surface area (Å²) in [4.78, 5) is 12.8. The van der Waals surface area contributed by atoms with Crippen molar-refractivity contribution in [1.82, 2.24) is 10.2 Å². The van der Waals surface area contributed by atoms with Crippen LogP contribution in [-0.2, 0) is 4.79 Å². The van der Waals surface area contributed by atoms with Crippen molar-refractivity contribution >= 4 is 34.1 Å². The van der Waals surface area contributed by atoms with Crippen molar-refractivity contribution < 1.29 is 4.79 Å². The molecule has 6 heteroatoms. The number of thioether (sulfide) groups is 1. The molecule has 4 nitrogen and oxygen atoms in total. The second kappa shape index (κ2) is 7.13. The van der Waals surface area contributed by atoms with Gasteiger partial charge < -0.3 is 5.32 Å². The number of rotatable bonds is 6. The Morgan fingerprint density at radius 3 is 2.89 bits per heavy atom. The van der Waals surface area contributed by atoms with Gasteiger partial charge >= 0.3 is 0 Å². The first-order valence-corrected chi connectivity index (χ1v) is 7.45. The van der Waals surface area contributed by atoms with Gasteiger partial charge in [-0.25, -0.2) is 0 Å². The average molecular weight is 279 g/mol. The lowest BCUT2D eigenvalue weighted by molar-refractivity contribution is -0.116. The Hall–Kier alpha value is -1.40. The molecule has 0 fully saturated rings. The van der Waals surface area contributed by atoms with Crippen molar-refractivity contribution in [2.24, 2.45) is 0 Å². The molecule has 18 heavy (non-hydrogen) atoms. The predicted octanol–water partition coefficient (Wildman–Crippen LogP) is 3.05. The standard InChI is InChI=1S/C12H13N3OS2/c16-11(14-12-15-13-9-18-12)7-4-8-17-10-5-2-1-3-6-10/h1-3,5-6,9H,4,7-8H2,(H,14,15,16). The van der Waals surface area contributed by atoms with Crippen LogP contribution in [0.3, 0.4) is 0 Å². The first kappa shape index (κ1) is 13.0. The Bertz CT molecular complexity index is 473. The van der Waals surface area contributed by atoms with E-state index in [9.17, 15) is 4.79 Å². The normalized spacial score (nSPS) is 10.2. The third-order valence-electron chi connectivity index (χ3n) is 2.17. The van der Waals surface area contributed by atoms with Gasteiger partial charge in [0.05, 0.1) is 0 Å². The number of nitrogens with zero attached hydrogens (tertiary/aromatic N) is 2. The Morgan fingerprint density at radius 1 is 1.33 bits per heavy atom. The molecule has 0 unspecified atom stereocenters. The van der Waals surface area contributed by atoms with E-state index in [2.05, 4.69) is 27.6 Å². The fourth-order valence-electron chi connectivity index (χ4n) is 1.35. The van der Waals surface area contributed by atoms with Gasteiger partial charge in [-0.15, -0.1) is 22.0 Å². The number of anilines is 1. The second-order valence-electron chi connectivity index (χ2n) is 3.56. The molecule has 0 bridgehead atoms. The van der Waals surface area contributed by atoms with Crippen molar-refractivity contribution in [3.8, 4) is 0 Å². The van der Waals surface area contributed by atoms with Crippen molar-refractivity contribution in [2.45, 2.75) is 17.7 Å². The van der Waals surface area contributed by atoms with E-state index in [1.54, 1.807) is 17.3 Å². The van der Waals surface area contributed by atoms with E-state index < -0.39 is 0 Å². The molecule has 0 aliphatic rings. The van der Waals surface area contributed by atoms with Gasteiger partial charge in [0.15, 0.2) is 0 Å². The average Bonchev–Trinajstić information content (AvgIpc) is 2.89. The molecule has 94 valence electrons. The molecular formula is C12H13N3OS2. The number of aromatic nitrogens is 2. The van der Waals surface area contributed by atoms with Crippen LogP contribution in [0.25, 0.3) is 0 Å². The molecule has 1 amide bonds. The molecule has 1 N–H and O–H groups in total. The smallest absolute Gasteiger partial charge is 0.226 e. The van der Waals surface area contributed by atoms with Gasteiger partial charge in [-0.2, -0.15) is 0 Å². The zero-order valence-electron chi connectivity index (χ0n) is 9.70. The van der Waals surface area contributed by atoms with Gasteiger partial charge in [0.1, 0.15) is 5.51 Å². The van der Waals surface area contributed by atoms with Crippen LogP contribution >= 0.6 is 23.1 Å². The van der Waals surface area contributed by atoms with Crippen LogP contribution in [0.4, 0.5) is 5.13 Å². The van der Waals surface area contributed by atoms with Crippen molar-refractivity contribution in [3.05, 3.63) is 35.8 Å². The Morgan fingerprint density at radius 2 is 2.17 bits per heavy atom. The van der Waals surface area contributed by atoms with Crippen LogP contribution in [0.1, 0.15) is 12.8 Å². The number of carbonyl (C=O) groups excluding carboxylic acids is 1. The molecule has 0 radical (unpaired) electrons. The quantitative estimate of drug-likeness (QED) is 0.652. The van der Waals surface area contributed by atoms with E-state index in [1.807, 2.05) is 18.2 Å². The molecule has 2 rings (SSSR count). The van der Waals surface area contributed by atoms with Gasteiger partial charge in [-0.1, -0.05) is 29.5 Å². The molecular weight excluding hydrogens is 266 g/mol. The van der Waals surface area contributed by atoms with Crippen LogP contribution in [0.2, 0.25) is 0 Å². The highest BCUT2D eigenvalue weighted by atomic mass is 32.2. The number of benzene rings is 1. The molecule has 1 aromatic carbocycles. The van der Waals surface area contributed by atoms with E-state index in [-0.39, 0.29) is 5.91 Å². The first-order valence-electron chi connectivity index (χ1n) is 5.58. The maximum atomic E-state index is 11.5. The maximum Gasteiger partial charge on any atom is 0.226 e. The molecule has 0 atom stereocenters. The summed E-state index contributed by atoms with van der Waals surface area (Å²) in [6.45, 7) is 0. The maximum absolute atomic E-state index is 11.5. The highest BCUT2D eigenvalue weighted by Gasteiger charge is 2.04. The van der Waals surface area contributed by atoms with Crippen LogP contribution in [-0.4, -0.2) is 21.9 Å².